The van der Waals surface area contributed by atoms with Crippen LogP contribution in [0.25, 0.3) is 0 Å². The number of nitrogen functional groups attached to an aromatic ring is 1. The van der Waals surface area contributed by atoms with Crippen LogP contribution in [-0.2, 0) is 14.6 Å². The van der Waals surface area contributed by atoms with Gasteiger partial charge in [0.25, 0.3) is 0 Å². The van der Waals surface area contributed by atoms with Crippen LogP contribution < -0.4 is 10.6 Å². The number of carbonyl (C=O) groups is 1. The third kappa shape index (κ3) is 4.86. The van der Waals surface area contributed by atoms with E-state index in [2.05, 4.69) is 14.9 Å². The number of hydrogen-bond donors (Lipinski definition) is 1. The van der Waals surface area contributed by atoms with Gasteiger partial charge < -0.3 is 15.5 Å². The average Bonchev–Trinajstić information content (AvgIpc) is 2.80. The third-order valence-corrected chi connectivity index (χ3v) is 7.90. The molecule has 0 unspecified atom stereocenters. The highest BCUT2D eigenvalue weighted by Gasteiger charge is 2.26. The molecule has 0 aliphatic carbocycles. The van der Waals surface area contributed by atoms with Crippen molar-refractivity contribution in [1.82, 2.24) is 19.8 Å². The van der Waals surface area contributed by atoms with E-state index in [-0.39, 0.29) is 21.5 Å². The Bertz CT molecular complexity index is 1060. The Morgan fingerprint density at radius 1 is 1.00 bits per heavy atom. The monoisotopic (exact) mass is 458 g/mol. The number of nitrogens with two attached hydrogens (primary N) is 1. The molecule has 9 nitrogen and oxygen atoms in total. The Morgan fingerprint density at radius 3 is 2.28 bits per heavy atom. The van der Waals surface area contributed by atoms with Crippen LogP contribution in [0.1, 0.15) is 24.8 Å². The summed E-state index contributed by atoms with van der Waals surface area (Å²) in [6, 6.07) is 6.60. The maximum atomic E-state index is 12.9. The number of amides is 1. The highest BCUT2D eigenvalue weighted by Crippen LogP contribution is 2.26. The van der Waals surface area contributed by atoms with Crippen LogP contribution in [0, 0.1) is 6.92 Å². The van der Waals surface area contributed by atoms with E-state index in [9.17, 15) is 13.2 Å². The lowest BCUT2D eigenvalue weighted by Gasteiger charge is -2.36. The molecule has 10 heteroatoms. The Morgan fingerprint density at radius 2 is 1.66 bits per heavy atom. The van der Waals surface area contributed by atoms with E-state index in [1.165, 1.54) is 12.6 Å². The lowest BCUT2D eigenvalue weighted by molar-refractivity contribution is -0.133. The van der Waals surface area contributed by atoms with Crippen LogP contribution in [0.5, 0.6) is 0 Å². The van der Waals surface area contributed by atoms with Gasteiger partial charge in [-0.15, -0.1) is 0 Å². The van der Waals surface area contributed by atoms with Crippen LogP contribution in [0.3, 0.4) is 0 Å². The molecule has 4 rings (SSSR count). The second-order valence-corrected chi connectivity index (χ2v) is 10.4. The number of sulfone groups is 1. The van der Waals surface area contributed by atoms with Crippen LogP contribution in [0.15, 0.2) is 40.3 Å². The number of hydrogen-bond acceptors (Lipinski definition) is 8. The summed E-state index contributed by atoms with van der Waals surface area (Å²) in [6.45, 7) is 6.79. The number of carbonyl (C=O) groups excluding carboxylic acids is 1. The number of likely N-dealkylation sites (tertiary alicyclic amines) is 1. The Hall–Kier alpha value is -2.72. The van der Waals surface area contributed by atoms with Gasteiger partial charge in [0, 0.05) is 39.3 Å². The zero-order valence-electron chi connectivity index (χ0n) is 18.4. The molecule has 3 heterocycles. The summed E-state index contributed by atoms with van der Waals surface area (Å²) in [4.78, 5) is 27.2. The van der Waals surface area contributed by atoms with Crippen molar-refractivity contribution in [1.29, 1.82) is 0 Å². The summed E-state index contributed by atoms with van der Waals surface area (Å²) in [5.41, 5.74) is 7.01. The van der Waals surface area contributed by atoms with Crippen molar-refractivity contribution in [2.75, 3.05) is 56.4 Å². The van der Waals surface area contributed by atoms with Gasteiger partial charge >= 0.3 is 0 Å². The minimum Gasteiger partial charge on any atom is -0.382 e. The Kier molecular flexibility index (Phi) is 6.61. The summed E-state index contributed by atoms with van der Waals surface area (Å²) < 4.78 is 25.8. The molecular weight excluding hydrogens is 428 g/mol. The number of benzene rings is 1. The van der Waals surface area contributed by atoms with Crippen molar-refractivity contribution in [2.45, 2.75) is 36.0 Å². The Balaban J connectivity index is 1.38. The van der Waals surface area contributed by atoms with E-state index >= 15 is 0 Å². The molecule has 172 valence electrons. The fourth-order valence-electron chi connectivity index (χ4n) is 4.12. The molecule has 0 spiro atoms. The van der Waals surface area contributed by atoms with Gasteiger partial charge in [-0.1, -0.05) is 17.7 Å². The predicted octanol–water partition coefficient (Wildman–Crippen LogP) is 1.33. The third-order valence-electron chi connectivity index (χ3n) is 6.11. The van der Waals surface area contributed by atoms with Gasteiger partial charge in [-0.25, -0.2) is 13.4 Å². The number of piperazine rings is 1. The molecular formula is C22H30N6O3S. The molecule has 0 saturated carbocycles. The van der Waals surface area contributed by atoms with Crippen molar-refractivity contribution in [3.8, 4) is 0 Å². The normalized spacial score (nSPS) is 18.0. The van der Waals surface area contributed by atoms with Crippen LogP contribution >= 0.6 is 0 Å². The van der Waals surface area contributed by atoms with Gasteiger partial charge in [0.2, 0.25) is 21.7 Å². The fourth-order valence-corrected chi connectivity index (χ4v) is 5.38. The SMILES string of the molecule is Cc1ccc(S(=O)(=O)c2cnc(N3CCN(CC(=O)N4CCCCC4)CC3)nc2N)cc1. The smallest absolute Gasteiger partial charge is 0.236 e. The molecule has 32 heavy (non-hydrogen) atoms. The van der Waals surface area contributed by atoms with E-state index in [1.54, 1.807) is 24.3 Å². The molecule has 2 N–H and O–H groups in total. The minimum atomic E-state index is -3.79. The molecule has 2 fully saturated rings. The first-order valence-corrected chi connectivity index (χ1v) is 12.5. The van der Waals surface area contributed by atoms with Crippen molar-refractivity contribution in [3.05, 3.63) is 36.0 Å². The second-order valence-electron chi connectivity index (χ2n) is 8.44. The predicted molar refractivity (Wildman–Crippen MR) is 122 cm³/mol. The maximum Gasteiger partial charge on any atom is 0.236 e. The van der Waals surface area contributed by atoms with Crippen LogP contribution in [0.4, 0.5) is 11.8 Å². The van der Waals surface area contributed by atoms with Gasteiger partial charge in [-0.2, -0.15) is 4.98 Å². The van der Waals surface area contributed by atoms with Crippen molar-refractivity contribution in [2.24, 2.45) is 0 Å². The van der Waals surface area contributed by atoms with Crippen molar-refractivity contribution < 1.29 is 13.2 Å². The maximum absolute atomic E-state index is 12.9. The first-order valence-electron chi connectivity index (χ1n) is 11.0. The zero-order chi connectivity index (χ0) is 22.7. The summed E-state index contributed by atoms with van der Waals surface area (Å²) in [5, 5.41) is 0. The zero-order valence-corrected chi connectivity index (χ0v) is 19.2. The molecule has 2 saturated heterocycles. The quantitative estimate of drug-likeness (QED) is 0.714. The summed E-state index contributed by atoms with van der Waals surface area (Å²) in [7, 11) is -3.79. The molecule has 1 amide bonds. The standard InChI is InChI=1S/C22H30N6O3S/c1-17-5-7-18(8-6-17)32(30,31)19-15-24-22(25-21(19)23)28-13-11-26(12-14-28)16-20(29)27-9-3-2-4-10-27/h5-8,15H,2-4,9-14,16H2,1H3,(H2,23,24,25). The highest BCUT2D eigenvalue weighted by molar-refractivity contribution is 7.91. The van der Waals surface area contributed by atoms with Gasteiger partial charge in [0.15, 0.2) is 0 Å². The fraction of sp³-hybridized carbons (Fsp3) is 0.500. The van der Waals surface area contributed by atoms with Crippen molar-refractivity contribution in [3.63, 3.8) is 0 Å². The number of piperidine rings is 1. The number of anilines is 2. The topological polar surface area (TPSA) is 113 Å². The molecule has 0 bridgehead atoms. The first-order chi connectivity index (χ1) is 15.3. The lowest BCUT2D eigenvalue weighted by Crippen LogP contribution is -2.51. The summed E-state index contributed by atoms with van der Waals surface area (Å²) in [6.07, 6.45) is 4.68. The van der Waals surface area contributed by atoms with E-state index in [0.29, 0.717) is 38.7 Å². The van der Waals surface area contributed by atoms with E-state index in [4.69, 9.17) is 5.73 Å². The van der Waals surface area contributed by atoms with Gasteiger partial charge in [-0.3, -0.25) is 9.69 Å². The number of rotatable bonds is 5. The summed E-state index contributed by atoms with van der Waals surface area (Å²) >= 11 is 0. The highest BCUT2D eigenvalue weighted by atomic mass is 32.2. The summed E-state index contributed by atoms with van der Waals surface area (Å²) in [5.74, 6) is 0.551. The minimum absolute atomic E-state index is 0.0571. The van der Waals surface area contributed by atoms with Crippen molar-refractivity contribution >= 4 is 27.5 Å². The second kappa shape index (κ2) is 9.41. The molecule has 0 radical (unpaired) electrons. The van der Waals surface area contributed by atoms with E-state index in [0.717, 1.165) is 31.5 Å². The Labute approximate surface area is 189 Å². The molecule has 2 aliphatic rings. The molecule has 0 atom stereocenters. The molecule has 1 aromatic heterocycles. The van der Waals surface area contributed by atoms with Gasteiger partial charge in [0.1, 0.15) is 10.7 Å². The largest absolute Gasteiger partial charge is 0.382 e. The van der Waals surface area contributed by atoms with E-state index in [1.807, 2.05) is 16.7 Å². The van der Waals surface area contributed by atoms with Gasteiger partial charge in [0.05, 0.1) is 17.6 Å². The molecule has 2 aromatic rings. The lowest BCUT2D eigenvalue weighted by atomic mass is 10.1. The molecule has 2 aliphatic heterocycles. The average molecular weight is 459 g/mol. The number of nitrogens with zero attached hydrogens (tertiary/aromatic N) is 5. The number of aromatic nitrogens is 2. The number of aryl methyl sites for hydroxylation is 1. The van der Waals surface area contributed by atoms with Crippen LogP contribution in [-0.4, -0.2) is 79.9 Å². The first kappa shape index (κ1) is 22.5. The van der Waals surface area contributed by atoms with Gasteiger partial charge in [-0.05, 0) is 38.3 Å². The molecule has 1 aromatic carbocycles. The van der Waals surface area contributed by atoms with E-state index < -0.39 is 9.84 Å². The van der Waals surface area contributed by atoms with Crippen LogP contribution in [0.2, 0.25) is 0 Å².